The molecule has 0 aromatic rings. The molecule has 276 valence electrons. The fraction of sp³-hybridized carbons (Fsp3) is 0.578. The summed E-state index contributed by atoms with van der Waals surface area (Å²) in [5.74, 6) is -0.0917. The fourth-order valence-corrected chi connectivity index (χ4v) is 5.01. The minimum Gasteiger partial charge on any atom is -0.394 e. The number of aliphatic hydroxyl groups is 2. The van der Waals surface area contributed by atoms with Gasteiger partial charge in [-0.05, 0) is 83.5 Å². The second kappa shape index (κ2) is 39.5. The fourth-order valence-electron chi connectivity index (χ4n) is 5.01. The maximum Gasteiger partial charge on any atom is 0.220 e. The summed E-state index contributed by atoms with van der Waals surface area (Å²) >= 11 is 0. The minimum absolute atomic E-state index is 0.0917. The molecule has 2 atom stereocenters. The molecule has 4 nitrogen and oxygen atoms in total. The van der Waals surface area contributed by atoms with E-state index in [1.54, 1.807) is 6.08 Å². The molecule has 0 spiro atoms. The van der Waals surface area contributed by atoms with E-state index in [0.717, 1.165) is 89.9 Å². The third-order valence-electron chi connectivity index (χ3n) is 8.01. The highest BCUT2D eigenvalue weighted by Crippen LogP contribution is 2.10. The zero-order chi connectivity index (χ0) is 35.7. The molecule has 0 aliphatic heterocycles. The quantitative estimate of drug-likeness (QED) is 0.0479. The number of amides is 1. The number of aliphatic hydroxyl groups excluding tert-OH is 2. The molecule has 2 unspecified atom stereocenters. The van der Waals surface area contributed by atoms with Crippen LogP contribution in [-0.2, 0) is 4.79 Å². The summed E-state index contributed by atoms with van der Waals surface area (Å²) in [6, 6.07) is -0.634. The molecule has 0 fully saturated rings. The molecule has 3 N–H and O–H groups in total. The SMILES string of the molecule is CC/C=C\C/C=C\C/C=C\C/C=C\C/C=C\C/C=C\C/C=C\C/C=C\CCCCCCCCC(=O)NC(CO)C(O)/C=C/CCCCCC. The summed E-state index contributed by atoms with van der Waals surface area (Å²) in [6.07, 6.45) is 60.6. The lowest BCUT2D eigenvalue weighted by Gasteiger charge is -2.20. The van der Waals surface area contributed by atoms with Crippen molar-refractivity contribution in [3.63, 3.8) is 0 Å². The molecule has 0 radical (unpaired) electrons. The van der Waals surface area contributed by atoms with Crippen molar-refractivity contribution in [1.82, 2.24) is 5.32 Å². The van der Waals surface area contributed by atoms with Crippen LogP contribution in [0.1, 0.15) is 149 Å². The summed E-state index contributed by atoms with van der Waals surface area (Å²) < 4.78 is 0. The van der Waals surface area contributed by atoms with E-state index in [9.17, 15) is 15.0 Å². The van der Waals surface area contributed by atoms with Crippen molar-refractivity contribution < 1.29 is 15.0 Å². The average molecular weight is 676 g/mol. The van der Waals surface area contributed by atoms with Gasteiger partial charge in [0, 0.05) is 6.42 Å². The highest BCUT2D eigenvalue weighted by atomic mass is 16.3. The van der Waals surface area contributed by atoms with E-state index in [1.807, 2.05) is 6.08 Å². The molecule has 49 heavy (non-hydrogen) atoms. The van der Waals surface area contributed by atoms with Crippen LogP contribution in [0.4, 0.5) is 0 Å². The van der Waals surface area contributed by atoms with Gasteiger partial charge in [0.15, 0.2) is 0 Å². The Kier molecular flexibility index (Phi) is 37.1. The average Bonchev–Trinajstić information content (AvgIpc) is 3.10. The molecule has 0 aromatic heterocycles. The van der Waals surface area contributed by atoms with E-state index in [-0.39, 0.29) is 12.5 Å². The van der Waals surface area contributed by atoms with Crippen LogP contribution in [-0.4, -0.2) is 34.9 Å². The van der Waals surface area contributed by atoms with Crippen LogP contribution < -0.4 is 5.32 Å². The first-order valence-corrected chi connectivity index (χ1v) is 19.6. The van der Waals surface area contributed by atoms with Crippen molar-refractivity contribution >= 4 is 5.91 Å². The van der Waals surface area contributed by atoms with Gasteiger partial charge in [-0.1, -0.05) is 168 Å². The first-order valence-electron chi connectivity index (χ1n) is 19.6. The molecule has 0 bridgehead atoms. The lowest BCUT2D eigenvalue weighted by molar-refractivity contribution is -0.123. The number of allylic oxidation sites excluding steroid dienone is 17. The monoisotopic (exact) mass is 676 g/mol. The van der Waals surface area contributed by atoms with E-state index >= 15 is 0 Å². The predicted molar refractivity (Wildman–Crippen MR) is 216 cm³/mol. The van der Waals surface area contributed by atoms with Gasteiger partial charge in [-0.3, -0.25) is 4.79 Å². The normalized spacial score (nSPS) is 14.3. The third kappa shape index (κ3) is 36.2. The lowest BCUT2D eigenvalue weighted by atomic mass is 10.1. The van der Waals surface area contributed by atoms with Gasteiger partial charge in [0.25, 0.3) is 0 Å². The van der Waals surface area contributed by atoms with Crippen LogP contribution in [0, 0.1) is 0 Å². The molecular weight excluding hydrogens is 602 g/mol. The summed E-state index contributed by atoms with van der Waals surface area (Å²) in [4.78, 5) is 12.2. The van der Waals surface area contributed by atoms with Crippen molar-refractivity contribution in [3.05, 3.63) is 109 Å². The van der Waals surface area contributed by atoms with Crippen molar-refractivity contribution in [2.24, 2.45) is 0 Å². The van der Waals surface area contributed by atoms with Gasteiger partial charge in [-0.25, -0.2) is 0 Å². The van der Waals surface area contributed by atoms with Crippen LogP contribution in [0.2, 0.25) is 0 Å². The number of carbonyl (C=O) groups excluding carboxylic acids is 1. The van der Waals surface area contributed by atoms with Gasteiger partial charge in [0.2, 0.25) is 5.91 Å². The summed E-state index contributed by atoms with van der Waals surface area (Å²) in [7, 11) is 0. The van der Waals surface area contributed by atoms with E-state index < -0.39 is 12.1 Å². The standard InChI is InChI=1S/C45H73NO3/c1-3-5-7-9-11-12-13-14-15-16-17-18-19-20-21-22-23-24-25-26-27-28-29-30-31-32-33-34-35-37-39-41-45(49)46-43(42-47)44(48)40-38-36-10-8-6-4-2/h5,7,11-12,14-15,17-18,20-21,23-24,26-27,29-30,38,40,43-44,47-48H,3-4,6,8-10,13,16,19,22,25,28,31-37,39,41-42H2,1-2H3,(H,46,49)/b7-5-,12-11-,15-14-,18-17-,21-20-,24-23-,27-26-,30-29-,40-38+. The van der Waals surface area contributed by atoms with Gasteiger partial charge >= 0.3 is 0 Å². The van der Waals surface area contributed by atoms with Crippen LogP contribution in [0.15, 0.2) is 109 Å². The molecule has 1 amide bonds. The van der Waals surface area contributed by atoms with E-state index in [1.165, 1.54) is 38.5 Å². The molecule has 0 aromatic carbocycles. The molecule has 0 aliphatic rings. The smallest absolute Gasteiger partial charge is 0.220 e. The number of hydrogen-bond acceptors (Lipinski definition) is 3. The number of nitrogens with one attached hydrogen (secondary N) is 1. The van der Waals surface area contributed by atoms with Crippen molar-refractivity contribution in [1.29, 1.82) is 0 Å². The van der Waals surface area contributed by atoms with Gasteiger partial charge < -0.3 is 15.5 Å². The van der Waals surface area contributed by atoms with Gasteiger partial charge in [0.1, 0.15) is 0 Å². The molecule has 0 rings (SSSR count). The second-order valence-corrected chi connectivity index (χ2v) is 12.6. The molecular formula is C45H73NO3. The zero-order valence-electron chi connectivity index (χ0n) is 31.4. The number of hydrogen-bond donors (Lipinski definition) is 3. The topological polar surface area (TPSA) is 69.6 Å². The summed E-state index contributed by atoms with van der Waals surface area (Å²) in [5, 5.41) is 22.6. The Labute approximate surface area is 302 Å². The molecule has 4 heteroatoms. The first kappa shape index (κ1) is 46.0. The Hall–Kier alpha value is -2.95. The van der Waals surface area contributed by atoms with Crippen molar-refractivity contribution in [3.8, 4) is 0 Å². The lowest BCUT2D eigenvalue weighted by Crippen LogP contribution is -2.45. The van der Waals surface area contributed by atoms with Gasteiger partial charge in [-0.15, -0.1) is 0 Å². The van der Waals surface area contributed by atoms with Crippen LogP contribution >= 0.6 is 0 Å². The van der Waals surface area contributed by atoms with E-state index in [0.29, 0.717) is 6.42 Å². The Balaban J connectivity index is 3.67. The van der Waals surface area contributed by atoms with Crippen LogP contribution in [0.25, 0.3) is 0 Å². The Morgan fingerprint density at radius 2 is 0.898 bits per heavy atom. The Morgan fingerprint density at radius 1 is 0.510 bits per heavy atom. The predicted octanol–water partition coefficient (Wildman–Crippen LogP) is 12.1. The second-order valence-electron chi connectivity index (χ2n) is 12.6. The Morgan fingerprint density at radius 3 is 1.35 bits per heavy atom. The molecule has 0 saturated heterocycles. The highest BCUT2D eigenvalue weighted by molar-refractivity contribution is 5.76. The number of unbranched alkanes of at least 4 members (excludes halogenated alkanes) is 10. The molecule has 0 heterocycles. The maximum absolute atomic E-state index is 12.2. The number of carbonyl (C=O) groups is 1. The summed E-state index contributed by atoms with van der Waals surface area (Å²) in [5.41, 5.74) is 0. The maximum atomic E-state index is 12.2. The minimum atomic E-state index is -0.849. The molecule has 0 aliphatic carbocycles. The van der Waals surface area contributed by atoms with Crippen molar-refractivity contribution in [2.45, 2.75) is 161 Å². The first-order chi connectivity index (χ1) is 24.2. The third-order valence-corrected chi connectivity index (χ3v) is 8.01. The van der Waals surface area contributed by atoms with Crippen molar-refractivity contribution in [2.75, 3.05) is 6.61 Å². The molecule has 0 saturated carbocycles. The van der Waals surface area contributed by atoms with Gasteiger partial charge in [-0.2, -0.15) is 0 Å². The highest BCUT2D eigenvalue weighted by Gasteiger charge is 2.17. The van der Waals surface area contributed by atoms with Crippen LogP contribution in [0.5, 0.6) is 0 Å². The number of rotatable bonds is 33. The van der Waals surface area contributed by atoms with E-state index in [2.05, 4.69) is 116 Å². The zero-order valence-corrected chi connectivity index (χ0v) is 31.4. The van der Waals surface area contributed by atoms with Crippen LogP contribution in [0.3, 0.4) is 0 Å². The largest absolute Gasteiger partial charge is 0.394 e. The van der Waals surface area contributed by atoms with E-state index in [4.69, 9.17) is 0 Å². The van der Waals surface area contributed by atoms with Gasteiger partial charge in [0.05, 0.1) is 18.8 Å². The summed E-state index contributed by atoms with van der Waals surface area (Å²) in [6.45, 7) is 4.08. The Bertz CT molecular complexity index is 995.